The minimum atomic E-state index is 0.365. The van der Waals surface area contributed by atoms with E-state index in [-0.39, 0.29) is 0 Å². The quantitative estimate of drug-likeness (QED) is 0.772. The van der Waals surface area contributed by atoms with Gasteiger partial charge in [-0.25, -0.2) is 0 Å². The number of hydrogen-bond acceptors (Lipinski definition) is 2. The van der Waals surface area contributed by atoms with Gasteiger partial charge in [-0.2, -0.15) is 0 Å². The van der Waals surface area contributed by atoms with Crippen LogP contribution < -0.4 is 5.73 Å². The van der Waals surface area contributed by atoms with Gasteiger partial charge in [0, 0.05) is 12.1 Å². The monoisotopic (exact) mass is 240 g/mol. The number of nitrogens with two attached hydrogens (primary N) is 1. The average Bonchev–Trinajstić information content (AvgIpc) is 2.35. The van der Waals surface area contributed by atoms with Gasteiger partial charge < -0.3 is 10.6 Å². The Morgan fingerprint density at radius 1 is 1.18 bits per heavy atom. The Bertz CT molecular complexity index is 195. The molecule has 0 radical (unpaired) electrons. The summed E-state index contributed by atoms with van der Waals surface area (Å²) in [4.78, 5) is 2.55. The van der Waals surface area contributed by atoms with Crippen LogP contribution in [0, 0.1) is 11.8 Å². The maximum atomic E-state index is 6.11. The van der Waals surface area contributed by atoms with Crippen molar-refractivity contribution in [2.45, 2.75) is 71.4 Å². The van der Waals surface area contributed by atoms with Crippen molar-refractivity contribution in [1.29, 1.82) is 0 Å². The first-order valence-electron chi connectivity index (χ1n) is 7.50. The summed E-state index contributed by atoms with van der Waals surface area (Å²) in [5.74, 6) is 1.61. The highest BCUT2D eigenvalue weighted by atomic mass is 15.1. The van der Waals surface area contributed by atoms with E-state index in [1.807, 2.05) is 0 Å². The molecule has 0 spiro atoms. The second-order valence-corrected chi connectivity index (χ2v) is 6.26. The lowest BCUT2D eigenvalue weighted by Gasteiger charge is -2.35. The van der Waals surface area contributed by atoms with Crippen molar-refractivity contribution in [3.05, 3.63) is 0 Å². The van der Waals surface area contributed by atoms with Gasteiger partial charge in [0.15, 0.2) is 0 Å². The molecular weight excluding hydrogens is 208 g/mol. The number of hydrogen-bond donors (Lipinski definition) is 1. The Morgan fingerprint density at radius 2 is 1.76 bits per heavy atom. The molecule has 0 aliphatic heterocycles. The zero-order valence-electron chi connectivity index (χ0n) is 12.3. The highest BCUT2D eigenvalue weighted by Crippen LogP contribution is 2.29. The predicted molar refractivity (Wildman–Crippen MR) is 76.1 cm³/mol. The van der Waals surface area contributed by atoms with E-state index < -0.39 is 0 Å². The van der Waals surface area contributed by atoms with Gasteiger partial charge >= 0.3 is 0 Å². The molecule has 0 amide bonds. The van der Waals surface area contributed by atoms with Crippen molar-refractivity contribution in [3.8, 4) is 0 Å². The smallest absolute Gasteiger partial charge is 0.00924 e. The molecule has 1 rings (SSSR count). The summed E-state index contributed by atoms with van der Waals surface area (Å²) in [6, 6.07) is 1.18. The first kappa shape index (κ1) is 15.0. The number of rotatable bonds is 6. The van der Waals surface area contributed by atoms with Gasteiger partial charge in [0.1, 0.15) is 0 Å². The Morgan fingerprint density at radius 3 is 2.24 bits per heavy atom. The van der Waals surface area contributed by atoms with Crippen LogP contribution in [0.5, 0.6) is 0 Å². The molecule has 0 bridgehead atoms. The van der Waals surface area contributed by atoms with E-state index in [1.165, 1.54) is 38.6 Å². The van der Waals surface area contributed by atoms with Gasteiger partial charge in [-0.05, 0) is 57.5 Å². The molecule has 0 saturated heterocycles. The summed E-state index contributed by atoms with van der Waals surface area (Å²) in [6.45, 7) is 7.94. The zero-order chi connectivity index (χ0) is 12.8. The van der Waals surface area contributed by atoms with Crippen molar-refractivity contribution in [2.24, 2.45) is 17.6 Å². The zero-order valence-corrected chi connectivity index (χ0v) is 12.3. The van der Waals surface area contributed by atoms with Crippen molar-refractivity contribution in [1.82, 2.24) is 4.90 Å². The van der Waals surface area contributed by atoms with E-state index >= 15 is 0 Å². The molecule has 1 fully saturated rings. The summed E-state index contributed by atoms with van der Waals surface area (Å²) in [6.07, 6.45) is 8.16. The minimum Gasteiger partial charge on any atom is -0.327 e. The van der Waals surface area contributed by atoms with Gasteiger partial charge in [0.25, 0.3) is 0 Å². The minimum absolute atomic E-state index is 0.365. The second-order valence-electron chi connectivity index (χ2n) is 6.26. The van der Waals surface area contributed by atoms with Crippen LogP contribution in [0.25, 0.3) is 0 Å². The maximum absolute atomic E-state index is 6.11. The van der Waals surface area contributed by atoms with Gasteiger partial charge in [0.05, 0.1) is 0 Å². The molecule has 2 N–H and O–H groups in total. The van der Waals surface area contributed by atoms with Gasteiger partial charge in [0.2, 0.25) is 0 Å². The lowest BCUT2D eigenvalue weighted by molar-refractivity contribution is 0.157. The number of nitrogens with zero attached hydrogens (tertiary/aromatic N) is 1. The van der Waals surface area contributed by atoms with E-state index in [1.54, 1.807) is 0 Å². The van der Waals surface area contributed by atoms with Crippen molar-refractivity contribution in [3.63, 3.8) is 0 Å². The third-order valence-electron chi connectivity index (χ3n) is 4.69. The van der Waals surface area contributed by atoms with E-state index in [9.17, 15) is 0 Å². The summed E-state index contributed by atoms with van der Waals surface area (Å²) in [5, 5.41) is 0. The fraction of sp³-hybridized carbons (Fsp3) is 1.00. The molecule has 1 atom stereocenters. The largest absolute Gasteiger partial charge is 0.327 e. The lowest BCUT2D eigenvalue weighted by Crippen LogP contribution is -2.38. The van der Waals surface area contributed by atoms with Crippen LogP contribution in [0.2, 0.25) is 0 Å². The molecule has 1 aliphatic rings. The van der Waals surface area contributed by atoms with Crippen molar-refractivity contribution >= 4 is 0 Å². The molecule has 102 valence electrons. The van der Waals surface area contributed by atoms with E-state index in [2.05, 4.69) is 32.7 Å². The Labute approximate surface area is 108 Å². The Kier molecular flexibility index (Phi) is 6.50. The van der Waals surface area contributed by atoms with Crippen LogP contribution in [0.15, 0.2) is 0 Å². The molecular formula is C15H32N2. The van der Waals surface area contributed by atoms with E-state index in [0.29, 0.717) is 12.0 Å². The molecule has 0 aromatic heterocycles. The van der Waals surface area contributed by atoms with Crippen LogP contribution in [0.1, 0.15) is 59.3 Å². The van der Waals surface area contributed by atoms with Crippen LogP contribution in [-0.4, -0.2) is 30.6 Å². The summed E-state index contributed by atoms with van der Waals surface area (Å²) in [5.41, 5.74) is 6.11. The van der Waals surface area contributed by atoms with Crippen LogP contribution in [0.3, 0.4) is 0 Å². The van der Waals surface area contributed by atoms with Gasteiger partial charge in [-0.3, -0.25) is 0 Å². The topological polar surface area (TPSA) is 29.3 Å². The molecule has 2 nitrogen and oxygen atoms in total. The fourth-order valence-corrected chi connectivity index (χ4v) is 2.86. The first-order chi connectivity index (χ1) is 8.04. The maximum Gasteiger partial charge on any atom is 0.00924 e. The third-order valence-corrected chi connectivity index (χ3v) is 4.69. The molecule has 0 aromatic carbocycles. The van der Waals surface area contributed by atoms with Crippen LogP contribution in [-0.2, 0) is 0 Å². The summed E-state index contributed by atoms with van der Waals surface area (Å²) < 4.78 is 0. The highest BCUT2D eigenvalue weighted by molar-refractivity contribution is 4.78. The molecule has 1 saturated carbocycles. The molecule has 17 heavy (non-hydrogen) atoms. The van der Waals surface area contributed by atoms with E-state index in [0.717, 1.165) is 18.4 Å². The first-order valence-corrected chi connectivity index (χ1v) is 7.50. The SMILES string of the molecule is CCC1CCC(N(C)CCC(N)C(C)C)CC1. The lowest BCUT2D eigenvalue weighted by atomic mass is 9.84. The molecule has 1 aliphatic carbocycles. The average molecular weight is 240 g/mol. The molecule has 0 aromatic rings. The van der Waals surface area contributed by atoms with Gasteiger partial charge in [-0.1, -0.05) is 27.2 Å². The summed E-state index contributed by atoms with van der Waals surface area (Å²) in [7, 11) is 2.28. The molecule has 0 heterocycles. The van der Waals surface area contributed by atoms with Crippen molar-refractivity contribution < 1.29 is 0 Å². The third kappa shape index (κ3) is 4.97. The molecule has 1 unspecified atom stereocenters. The van der Waals surface area contributed by atoms with Crippen LogP contribution >= 0.6 is 0 Å². The Balaban J connectivity index is 2.22. The van der Waals surface area contributed by atoms with Crippen LogP contribution in [0.4, 0.5) is 0 Å². The second kappa shape index (κ2) is 7.38. The van der Waals surface area contributed by atoms with Gasteiger partial charge in [-0.15, -0.1) is 0 Å². The normalized spacial score (nSPS) is 27.7. The van der Waals surface area contributed by atoms with Crippen molar-refractivity contribution in [2.75, 3.05) is 13.6 Å². The fourth-order valence-electron chi connectivity index (χ4n) is 2.86. The predicted octanol–water partition coefficient (Wildman–Crippen LogP) is 3.26. The summed E-state index contributed by atoms with van der Waals surface area (Å²) >= 11 is 0. The Hall–Kier alpha value is -0.0800. The standard InChI is InChI=1S/C15H32N2/c1-5-13-6-8-14(9-7-13)17(4)11-10-15(16)12(2)3/h12-15H,5-11,16H2,1-4H3. The molecule has 2 heteroatoms. The van der Waals surface area contributed by atoms with E-state index in [4.69, 9.17) is 5.73 Å². The highest BCUT2D eigenvalue weighted by Gasteiger charge is 2.23.